The van der Waals surface area contributed by atoms with E-state index in [2.05, 4.69) is 5.32 Å². The van der Waals surface area contributed by atoms with Crippen molar-refractivity contribution in [2.45, 2.75) is 32.0 Å². The molecule has 0 radical (unpaired) electrons. The predicted molar refractivity (Wildman–Crippen MR) is 76.8 cm³/mol. The average Bonchev–Trinajstić information content (AvgIpc) is 3.24. The van der Waals surface area contributed by atoms with Crippen molar-refractivity contribution in [2.24, 2.45) is 5.73 Å². The van der Waals surface area contributed by atoms with Gasteiger partial charge in [-0.25, -0.2) is 4.39 Å². The minimum Gasteiger partial charge on any atom is -0.351 e. The van der Waals surface area contributed by atoms with Crippen molar-refractivity contribution in [3.8, 4) is 0 Å². The molecule has 2 rings (SSSR count). The zero-order valence-corrected chi connectivity index (χ0v) is 12.2. The van der Waals surface area contributed by atoms with Gasteiger partial charge in [-0.3, -0.25) is 9.69 Å². The Morgan fingerprint density at radius 2 is 2.25 bits per heavy atom. The summed E-state index contributed by atoms with van der Waals surface area (Å²) in [6.45, 7) is 0.735. The van der Waals surface area contributed by atoms with Crippen LogP contribution in [0.5, 0.6) is 0 Å². The van der Waals surface area contributed by atoms with Crippen LogP contribution in [0, 0.1) is 5.82 Å². The minimum atomic E-state index is -0.500. The lowest BCUT2D eigenvalue weighted by molar-refractivity contribution is -0.122. The molecule has 0 unspecified atom stereocenters. The summed E-state index contributed by atoms with van der Waals surface area (Å²) in [5, 5.41) is 2.75. The number of nitrogens with one attached hydrogen (secondary N) is 1. The molecule has 0 heterocycles. The van der Waals surface area contributed by atoms with E-state index >= 15 is 0 Å². The van der Waals surface area contributed by atoms with E-state index in [0.29, 0.717) is 18.2 Å². The molecule has 0 saturated heterocycles. The fourth-order valence-corrected chi connectivity index (χ4v) is 2.34. The molecular weight excluding hydrogens is 281 g/mol. The molecule has 0 bridgehead atoms. The van der Waals surface area contributed by atoms with Gasteiger partial charge in [-0.1, -0.05) is 11.6 Å². The van der Waals surface area contributed by atoms with Crippen LogP contribution in [0.1, 0.15) is 24.0 Å². The van der Waals surface area contributed by atoms with Gasteiger partial charge >= 0.3 is 0 Å². The first-order valence-electron chi connectivity index (χ1n) is 6.65. The lowest BCUT2D eigenvalue weighted by Gasteiger charge is -2.15. The molecule has 0 atom stereocenters. The van der Waals surface area contributed by atoms with Crippen LogP contribution in [0.15, 0.2) is 12.1 Å². The highest BCUT2D eigenvalue weighted by Gasteiger charge is 2.27. The highest BCUT2D eigenvalue weighted by Crippen LogP contribution is 2.25. The normalized spacial score (nSPS) is 14.7. The summed E-state index contributed by atoms with van der Waals surface area (Å²) >= 11 is 5.80. The van der Waals surface area contributed by atoms with Crippen molar-refractivity contribution in [3.05, 3.63) is 34.1 Å². The Bertz CT molecular complexity index is 505. The fourth-order valence-electron chi connectivity index (χ4n) is 2.08. The Morgan fingerprint density at radius 1 is 1.55 bits per heavy atom. The third kappa shape index (κ3) is 3.91. The van der Waals surface area contributed by atoms with E-state index in [1.165, 1.54) is 6.07 Å². The predicted octanol–water partition coefficient (Wildman–Crippen LogP) is 1.65. The molecule has 1 aliphatic rings. The summed E-state index contributed by atoms with van der Waals surface area (Å²) in [6, 6.07) is 3.65. The molecule has 20 heavy (non-hydrogen) atoms. The third-order valence-corrected chi connectivity index (χ3v) is 3.71. The molecule has 1 aromatic carbocycles. The molecule has 0 spiro atoms. The minimum absolute atomic E-state index is 0.0345. The Morgan fingerprint density at radius 3 is 2.85 bits per heavy atom. The van der Waals surface area contributed by atoms with Gasteiger partial charge in [-0.15, -0.1) is 0 Å². The zero-order valence-electron chi connectivity index (χ0n) is 11.5. The van der Waals surface area contributed by atoms with Gasteiger partial charge in [0.05, 0.1) is 11.6 Å². The summed E-state index contributed by atoms with van der Waals surface area (Å²) in [7, 11) is 1.92. The van der Waals surface area contributed by atoms with E-state index in [-0.39, 0.29) is 24.0 Å². The van der Waals surface area contributed by atoms with Gasteiger partial charge in [-0.2, -0.15) is 0 Å². The second kappa shape index (κ2) is 6.52. The lowest BCUT2D eigenvalue weighted by atomic mass is 10.1. The lowest BCUT2D eigenvalue weighted by Crippen LogP contribution is -2.36. The third-order valence-electron chi connectivity index (χ3n) is 3.44. The van der Waals surface area contributed by atoms with Crippen LogP contribution >= 0.6 is 11.6 Å². The van der Waals surface area contributed by atoms with Gasteiger partial charge < -0.3 is 11.1 Å². The Balaban J connectivity index is 1.92. The maximum absolute atomic E-state index is 13.8. The maximum Gasteiger partial charge on any atom is 0.234 e. The molecule has 1 aliphatic carbocycles. The number of halogens is 2. The average molecular weight is 300 g/mol. The second-order valence-corrected chi connectivity index (χ2v) is 5.59. The van der Waals surface area contributed by atoms with E-state index in [1.807, 2.05) is 11.9 Å². The van der Waals surface area contributed by atoms with Gasteiger partial charge in [0, 0.05) is 24.7 Å². The molecule has 4 nitrogen and oxygen atoms in total. The molecule has 1 saturated carbocycles. The highest BCUT2D eigenvalue weighted by atomic mass is 35.5. The van der Waals surface area contributed by atoms with E-state index in [4.69, 9.17) is 17.3 Å². The summed E-state index contributed by atoms with van der Waals surface area (Å²) in [4.78, 5) is 13.8. The van der Waals surface area contributed by atoms with Gasteiger partial charge in [0.1, 0.15) is 5.82 Å². The van der Waals surface area contributed by atoms with Gasteiger partial charge in [-0.05, 0) is 37.6 Å². The molecule has 0 aromatic heterocycles. The van der Waals surface area contributed by atoms with E-state index in [1.54, 1.807) is 6.07 Å². The molecule has 110 valence electrons. The van der Waals surface area contributed by atoms with E-state index < -0.39 is 5.82 Å². The van der Waals surface area contributed by atoms with Crippen LogP contribution in [-0.4, -0.2) is 30.4 Å². The summed E-state index contributed by atoms with van der Waals surface area (Å²) in [5.74, 6) is -0.618. The number of amides is 1. The number of nitrogens with zero attached hydrogens (tertiary/aromatic N) is 1. The van der Waals surface area contributed by atoms with Crippen LogP contribution in [0.25, 0.3) is 0 Å². The highest BCUT2D eigenvalue weighted by molar-refractivity contribution is 6.30. The number of rotatable bonds is 6. The van der Waals surface area contributed by atoms with Crippen molar-refractivity contribution in [2.75, 3.05) is 13.6 Å². The molecule has 1 aromatic rings. The van der Waals surface area contributed by atoms with Gasteiger partial charge in [0.25, 0.3) is 0 Å². The van der Waals surface area contributed by atoms with Gasteiger partial charge in [0.15, 0.2) is 0 Å². The van der Waals surface area contributed by atoms with Gasteiger partial charge in [0.2, 0.25) is 5.91 Å². The Kier molecular flexibility index (Phi) is 4.96. The molecular formula is C14H19ClFN3O. The number of likely N-dealkylation sites (N-methyl/N-ethyl adjacent to an activating group) is 1. The largest absolute Gasteiger partial charge is 0.351 e. The standard InChI is InChI=1S/C14H19ClFN3O/c1-19(11-2-3-11)8-13(20)18-7-10-4-9(6-17)5-12(15)14(10)16/h4-5,11H,2-3,6-8,17H2,1H3,(H,18,20). The van der Waals surface area contributed by atoms with Crippen LogP contribution in [0.2, 0.25) is 5.02 Å². The second-order valence-electron chi connectivity index (χ2n) is 5.18. The number of nitrogens with two attached hydrogens (primary N) is 1. The van der Waals surface area contributed by atoms with Crippen molar-refractivity contribution >= 4 is 17.5 Å². The number of carbonyl (C=O) groups excluding carboxylic acids is 1. The fraction of sp³-hybridized carbons (Fsp3) is 0.500. The number of hydrogen-bond donors (Lipinski definition) is 2. The Hall–Kier alpha value is -1.17. The van der Waals surface area contributed by atoms with Crippen molar-refractivity contribution < 1.29 is 9.18 Å². The molecule has 1 fully saturated rings. The van der Waals surface area contributed by atoms with E-state index in [0.717, 1.165) is 18.4 Å². The first-order chi connectivity index (χ1) is 9.51. The summed E-state index contributed by atoms with van der Waals surface area (Å²) in [5.41, 5.74) is 6.63. The smallest absolute Gasteiger partial charge is 0.234 e. The maximum atomic E-state index is 13.8. The number of hydrogen-bond acceptors (Lipinski definition) is 3. The zero-order chi connectivity index (χ0) is 14.7. The van der Waals surface area contributed by atoms with Crippen LogP contribution in [0.4, 0.5) is 4.39 Å². The van der Waals surface area contributed by atoms with E-state index in [9.17, 15) is 9.18 Å². The topological polar surface area (TPSA) is 58.4 Å². The summed E-state index contributed by atoms with van der Waals surface area (Å²) < 4.78 is 13.8. The first-order valence-corrected chi connectivity index (χ1v) is 7.03. The molecule has 1 amide bonds. The monoisotopic (exact) mass is 299 g/mol. The van der Waals surface area contributed by atoms with Crippen molar-refractivity contribution in [1.29, 1.82) is 0 Å². The van der Waals surface area contributed by atoms with Crippen LogP contribution < -0.4 is 11.1 Å². The first kappa shape index (κ1) is 15.2. The molecule has 6 heteroatoms. The SMILES string of the molecule is CN(CC(=O)NCc1cc(CN)cc(Cl)c1F)C1CC1. The summed E-state index contributed by atoms with van der Waals surface area (Å²) in [6.07, 6.45) is 2.29. The number of benzene rings is 1. The van der Waals surface area contributed by atoms with Crippen LogP contribution in [-0.2, 0) is 17.9 Å². The number of carbonyl (C=O) groups is 1. The molecule has 0 aliphatic heterocycles. The quantitative estimate of drug-likeness (QED) is 0.840. The van der Waals surface area contributed by atoms with Crippen LogP contribution in [0.3, 0.4) is 0 Å². The molecule has 3 N–H and O–H groups in total. The van der Waals surface area contributed by atoms with Crippen molar-refractivity contribution in [3.63, 3.8) is 0 Å². The van der Waals surface area contributed by atoms with Crippen molar-refractivity contribution in [1.82, 2.24) is 10.2 Å². The Labute approximate surface area is 123 Å².